The average molecular weight is 438 g/mol. The Morgan fingerprint density at radius 1 is 1.06 bits per heavy atom. The van der Waals surface area contributed by atoms with Crippen LogP contribution in [0.5, 0.6) is 17.2 Å². The molecule has 32 heavy (non-hydrogen) atoms. The van der Waals surface area contributed by atoms with Crippen molar-refractivity contribution in [1.29, 1.82) is 0 Å². The van der Waals surface area contributed by atoms with Crippen LogP contribution >= 0.6 is 0 Å². The number of imide groups is 1. The van der Waals surface area contributed by atoms with Gasteiger partial charge in [-0.2, -0.15) is 0 Å². The molecule has 0 atom stereocenters. The number of ether oxygens (including phenoxy) is 4. The predicted molar refractivity (Wildman–Crippen MR) is 119 cm³/mol. The molecule has 0 fully saturated rings. The number of amides is 2. The Labute approximate surface area is 186 Å². The van der Waals surface area contributed by atoms with Gasteiger partial charge < -0.3 is 24.3 Å². The smallest absolute Gasteiger partial charge is 0.278 e. The highest BCUT2D eigenvalue weighted by Gasteiger charge is 2.40. The first-order valence-corrected chi connectivity index (χ1v) is 10.5. The highest BCUT2D eigenvalue weighted by atomic mass is 16.7. The Hall–Kier alpha value is -3.52. The molecule has 0 radical (unpaired) electrons. The second-order valence-corrected chi connectivity index (χ2v) is 7.68. The third-order valence-corrected chi connectivity index (χ3v) is 5.16. The number of rotatable bonds is 9. The second kappa shape index (κ2) is 9.32. The van der Waals surface area contributed by atoms with Crippen LogP contribution in [0.4, 0.5) is 5.69 Å². The van der Waals surface area contributed by atoms with E-state index in [1.54, 1.807) is 36.4 Å². The van der Waals surface area contributed by atoms with Crippen molar-refractivity contribution >= 4 is 23.1 Å². The minimum atomic E-state index is -0.391. The summed E-state index contributed by atoms with van der Waals surface area (Å²) in [6.45, 7) is 4.76. The van der Waals surface area contributed by atoms with Crippen molar-refractivity contribution in [3.8, 4) is 17.2 Å². The first-order chi connectivity index (χ1) is 15.5. The van der Waals surface area contributed by atoms with Crippen LogP contribution < -0.4 is 19.5 Å². The van der Waals surface area contributed by atoms with E-state index in [9.17, 15) is 9.59 Å². The molecule has 0 bridgehead atoms. The van der Waals surface area contributed by atoms with Gasteiger partial charge in [-0.15, -0.1) is 0 Å². The summed E-state index contributed by atoms with van der Waals surface area (Å²) in [5.41, 5.74) is 1.64. The van der Waals surface area contributed by atoms with Crippen LogP contribution in [-0.2, 0) is 14.3 Å². The maximum atomic E-state index is 13.4. The maximum Gasteiger partial charge on any atom is 0.278 e. The molecule has 2 aliphatic heterocycles. The van der Waals surface area contributed by atoms with Crippen molar-refractivity contribution in [1.82, 2.24) is 4.90 Å². The normalized spacial score (nSPS) is 15.2. The quantitative estimate of drug-likeness (QED) is 0.474. The lowest BCUT2D eigenvalue weighted by molar-refractivity contribution is -0.137. The van der Waals surface area contributed by atoms with Gasteiger partial charge in [0.15, 0.2) is 11.5 Å². The third-order valence-electron chi connectivity index (χ3n) is 5.16. The van der Waals surface area contributed by atoms with Crippen LogP contribution in [0.2, 0.25) is 0 Å². The van der Waals surface area contributed by atoms with Gasteiger partial charge in [0.1, 0.15) is 11.4 Å². The van der Waals surface area contributed by atoms with Crippen molar-refractivity contribution in [2.24, 2.45) is 0 Å². The fourth-order valence-electron chi connectivity index (χ4n) is 3.66. The summed E-state index contributed by atoms with van der Waals surface area (Å²) in [4.78, 5) is 27.9. The molecule has 8 nitrogen and oxygen atoms in total. The van der Waals surface area contributed by atoms with E-state index < -0.39 is 5.91 Å². The van der Waals surface area contributed by atoms with E-state index in [4.69, 9.17) is 18.9 Å². The average Bonchev–Trinajstić information content (AvgIpc) is 3.34. The van der Waals surface area contributed by atoms with Gasteiger partial charge in [-0.3, -0.25) is 14.5 Å². The minimum Gasteiger partial charge on any atom is -0.496 e. The SMILES string of the molecule is COc1ccccc1C1=C(Nc2ccc3c(c2)OCO3)C(=O)N(CCCOC(C)C)C1=O. The largest absolute Gasteiger partial charge is 0.496 e. The van der Waals surface area contributed by atoms with E-state index in [1.807, 2.05) is 19.9 Å². The van der Waals surface area contributed by atoms with Gasteiger partial charge in [0.25, 0.3) is 11.8 Å². The van der Waals surface area contributed by atoms with Gasteiger partial charge in [0.2, 0.25) is 6.79 Å². The lowest BCUT2D eigenvalue weighted by Crippen LogP contribution is -2.34. The fraction of sp³-hybridized carbons (Fsp3) is 0.333. The van der Waals surface area contributed by atoms with Crippen molar-refractivity contribution < 1.29 is 28.5 Å². The predicted octanol–water partition coefficient (Wildman–Crippen LogP) is 3.43. The molecule has 2 aliphatic rings. The van der Waals surface area contributed by atoms with Gasteiger partial charge in [-0.1, -0.05) is 18.2 Å². The number of anilines is 1. The first kappa shape index (κ1) is 21.7. The highest BCUT2D eigenvalue weighted by molar-refractivity contribution is 6.37. The standard InChI is InChI=1S/C24H26N2O6/c1-15(2)30-12-6-11-26-23(27)21(17-7-4-5-8-18(17)29-3)22(24(26)28)25-16-9-10-19-20(13-16)32-14-31-19/h4-5,7-10,13,15,25H,6,11-12,14H2,1-3H3. The zero-order chi connectivity index (χ0) is 22.7. The minimum absolute atomic E-state index is 0.0884. The Kier molecular flexibility index (Phi) is 6.32. The summed E-state index contributed by atoms with van der Waals surface area (Å²) < 4.78 is 21.8. The van der Waals surface area contributed by atoms with Crippen molar-refractivity contribution in [3.05, 3.63) is 53.7 Å². The van der Waals surface area contributed by atoms with Crippen LogP contribution in [0.25, 0.3) is 5.57 Å². The Bertz CT molecular complexity index is 1060. The molecule has 0 unspecified atom stereocenters. The second-order valence-electron chi connectivity index (χ2n) is 7.68. The molecule has 0 aliphatic carbocycles. The molecular weight excluding hydrogens is 412 g/mol. The monoisotopic (exact) mass is 438 g/mol. The van der Waals surface area contributed by atoms with Gasteiger partial charge in [-0.25, -0.2) is 0 Å². The number of nitrogens with one attached hydrogen (secondary N) is 1. The van der Waals surface area contributed by atoms with E-state index in [0.717, 1.165) is 0 Å². The topological polar surface area (TPSA) is 86.3 Å². The maximum absolute atomic E-state index is 13.4. The van der Waals surface area contributed by atoms with Crippen molar-refractivity contribution in [2.45, 2.75) is 26.4 Å². The molecule has 8 heteroatoms. The number of nitrogens with zero attached hydrogens (tertiary/aromatic N) is 1. The number of fused-ring (bicyclic) bond motifs is 1. The lowest BCUT2D eigenvalue weighted by Gasteiger charge is -2.16. The molecule has 2 aromatic rings. The van der Waals surface area contributed by atoms with Crippen LogP contribution in [0.1, 0.15) is 25.8 Å². The van der Waals surface area contributed by atoms with E-state index in [-0.39, 0.29) is 36.6 Å². The van der Waals surface area contributed by atoms with Crippen LogP contribution in [0, 0.1) is 0 Å². The molecular formula is C24H26N2O6. The number of hydrogen-bond acceptors (Lipinski definition) is 7. The Morgan fingerprint density at radius 2 is 1.84 bits per heavy atom. The van der Waals surface area contributed by atoms with Crippen LogP contribution in [-0.4, -0.2) is 49.9 Å². The van der Waals surface area contributed by atoms with Gasteiger partial charge >= 0.3 is 0 Å². The van der Waals surface area contributed by atoms with E-state index >= 15 is 0 Å². The number of carbonyl (C=O) groups is 2. The number of methoxy groups -OCH3 is 1. The number of benzene rings is 2. The summed E-state index contributed by atoms with van der Waals surface area (Å²) in [5, 5.41) is 3.13. The van der Waals surface area contributed by atoms with E-state index in [2.05, 4.69) is 5.32 Å². The molecule has 2 heterocycles. The number of hydrogen-bond donors (Lipinski definition) is 1. The number of para-hydroxylation sites is 1. The summed E-state index contributed by atoms with van der Waals surface area (Å²) in [7, 11) is 1.53. The summed E-state index contributed by atoms with van der Waals surface area (Å²) in [6.07, 6.45) is 0.636. The Balaban J connectivity index is 1.66. The third kappa shape index (κ3) is 4.27. The molecule has 1 N–H and O–H groups in total. The molecule has 0 saturated carbocycles. The van der Waals surface area contributed by atoms with Crippen LogP contribution in [0.3, 0.4) is 0 Å². The summed E-state index contributed by atoms with van der Waals surface area (Å²) in [6, 6.07) is 12.4. The highest BCUT2D eigenvalue weighted by Crippen LogP contribution is 2.38. The lowest BCUT2D eigenvalue weighted by atomic mass is 10.0. The van der Waals surface area contributed by atoms with Crippen molar-refractivity contribution in [2.75, 3.05) is 32.4 Å². The zero-order valence-electron chi connectivity index (χ0n) is 18.3. The molecule has 2 aromatic carbocycles. The molecule has 168 valence electrons. The summed E-state index contributed by atoms with van der Waals surface area (Å²) in [5.74, 6) is 0.966. The van der Waals surface area contributed by atoms with Gasteiger partial charge in [0, 0.05) is 30.5 Å². The zero-order valence-corrected chi connectivity index (χ0v) is 18.3. The first-order valence-electron chi connectivity index (χ1n) is 10.5. The fourth-order valence-corrected chi connectivity index (χ4v) is 3.66. The molecule has 0 saturated heterocycles. The van der Waals surface area contributed by atoms with Gasteiger partial charge in [-0.05, 0) is 38.5 Å². The molecule has 0 aromatic heterocycles. The van der Waals surface area contributed by atoms with E-state index in [0.29, 0.717) is 41.5 Å². The Morgan fingerprint density at radius 3 is 2.62 bits per heavy atom. The summed E-state index contributed by atoms with van der Waals surface area (Å²) >= 11 is 0. The number of carbonyl (C=O) groups excluding carboxylic acids is 2. The van der Waals surface area contributed by atoms with Crippen LogP contribution in [0.15, 0.2) is 48.2 Å². The molecule has 4 rings (SSSR count). The molecule has 2 amide bonds. The van der Waals surface area contributed by atoms with Crippen molar-refractivity contribution in [3.63, 3.8) is 0 Å². The van der Waals surface area contributed by atoms with E-state index in [1.165, 1.54) is 12.0 Å². The van der Waals surface area contributed by atoms with Gasteiger partial charge in [0.05, 0.1) is 18.8 Å². The molecule has 0 spiro atoms.